The van der Waals surface area contributed by atoms with Crippen LogP contribution in [0, 0.1) is 0 Å². The fourth-order valence-corrected chi connectivity index (χ4v) is 3.92. The first-order valence-electron chi connectivity index (χ1n) is 9.65. The number of carbonyl (C=O) groups excluding carboxylic acids is 2. The normalized spacial score (nSPS) is 15.9. The van der Waals surface area contributed by atoms with Gasteiger partial charge in [-0.05, 0) is 48.3 Å². The lowest BCUT2D eigenvalue weighted by molar-refractivity contribution is -0.135. The van der Waals surface area contributed by atoms with E-state index in [4.69, 9.17) is 16.0 Å². The van der Waals surface area contributed by atoms with Crippen LogP contribution in [0.5, 0.6) is 0 Å². The maximum Gasteiger partial charge on any atom is 0.287 e. The van der Waals surface area contributed by atoms with Crippen molar-refractivity contribution >= 4 is 35.2 Å². The van der Waals surface area contributed by atoms with Crippen molar-refractivity contribution in [2.24, 2.45) is 0 Å². The van der Waals surface area contributed by atoms with Crippen LogP contribution < -0.4 is 5.32 Å². The summed E-state index contributed by atoms with van der Waals surface area (Å²) in [6.45, 7) is 3.74. The van der Waals surface area contributed by atoms with Gasteiger partial charge in [0.05, 0.1) is 6.26 Å². The summed E-state index contributed by atoms with van der Waals surface area (Å²) in [6.07, 6.45) is 4.04. The van der Waals surface area contributed by atoms with Gasteiger partial charge in [0, 0.05) is 37.7 Å². The van der Waals surface area contributed by atoms with Gasteiger partial charge in [0.15, 0.2) is 5.76 Å². The molecule has 1 fully saturated rings. The largest absolute Gasteiger partial charge is 0.459 e. The molecule has 0 unspecified atom stereocenters. The predicted molar refractivity (Wildman–Crippen MR) is 116 cm³/mol. The number of piperazine rings is 1. The second-order valence-electron chi connectivity index (χ2n) is 7.01. The maximum absolute atomic E-state index is 13.0. The molecule has 8 heteroatoms. The number of halogens is 1. The quantitative estimate of drug-likeness (QED) is 0.690. The third-order valence-corrected chi connectivity index (χ3v) is 5.86. The highest BCUT2D eigenvalue weighted by atomic mass is 35.5. The smallest absolute Gasteiger partial charge is 0.287 e. The van der Waals surface area contributed by atoms with E-state index in [1.54, 1.807) is 23.9 Å². The Balaban J connectivity index is 1.54. The number of hydrogen-bond donors (Lipinski definition) is 1. The van der Waals surface area contributed by atoms with Crippen molar-refractivity contribution < 1.29 is 14.0 Å². The van der Waals surface area contributed by atoms with Crippen LogP contribution in [0.2, 0.25) is 5.02 Å². The number of carbonyl (C=O) groups is 2. The second-order valence-corrected chi connectivity index (χ2v) is 8.43. The molecule has 1 aliphatic rings. The molecule has 1 saturated heterocycles. The Labute approximate surface area is 180 Å². The molecule has 156 valence electrons. The topological polar surface area (TPSA) is 65.8 Å². The number of nitrogens with zero attached hydrogens (tertiary/aromatic N) is 2. The van der Waals surface area contributed by atoms with Crippen LogP contribution in [0.15, 0.2) is 47.1 Å². The van der Waals surface area contributed by atoms with Gasteiger partial charge < -0.3 is 14.6 Å². The Bertz CT molecular complexity index is 790. The summed E-state index contributed by atoms with van der Waals surface area (Å²) in [5, 5.41) is 3.58. The van der Waals surface area contributed by atoms with Gasteiger partial charge in [-0.25, -0.2) is 0 Å². The summed E-state index contributed by atoms with van der Waals surface area (Å²) in [4.78, 5) is 29.6. The van der Waals surface area contributed by atoms with Crippen molar-refractivity contribution in [3.8, 4) is 0 Å². The Morgan fingerprint density at radius 3 is 2.52 bits per heavy atom. The van der Waals surface area contributed by atoms with Crippen LogP contribution in [0.4, 0.5) is 0 Å². The average Bonchev–Trinajstić information content (AvgIpc) is 3.28. The number of furan rings is 1. The second kappa shape index (κ2) is 10.7. The zero-order chi connectivity index (χ0) is 20.6. The van der Waals surface area contributed by atoms with Crippen molar-refractivity contribution in [1.29, 1.82) is 0 Å². The van der Waals surface area contributed by atoms with Gasteiger partial charge in [-0.3, -0.25) is 14.5 Å². The van der Waals surface area contributed by atoms with Crippen molar-refractivity contribution in [3.63, 3.8) is 0 Å². The molecule has 0 radical (unpaired) electrons. The van der Waals surface area contributed by atoms with Gasteiger partial charge in [-0.2, -0.15) is 11.8 Å². The Morgan fingerprint density at radius 2 is 1.90 bits per heavy atom. The molecule has 1 aliphatic heterocycles. The van der Waals surface area contributed by atoms with E-state index < -0.39 is 6.04 Å². The molecule has 2 aromatic rings. The fourth-order valence-electron chi connectivity index (χ4n) is 3.32. The van der Waals surface area contributed by atoms with Crippen LogP contribution in [0.3, 0.4) is 0 Å². The van der Waals surface area contributed by atoms with E-state index in [-0.39, 0.29) is 17.6 Å². The number of rotatable bonds is 8. The molecule has 0 aliphatic carbocycles. The zero-order valence-electron chi connectivity index (χ0n) is 16.5. The predicted octanol–water partition coefficient (Wildman–Crippen LogP) is 3.13. The Kier molecular flexibility index (Phi) is 8.03. The van der Waals surface area contributed by atoms with Crippen LogP contribution in [0.1, 0.15) is 22.5 Å². The number of thioether (sulfide) groups is 1. The first-order chi connectivity index (χ1) is 14.1. The number of amides is 2. The molecule has 2 heterocycles. The van der Waals surface area contributed by atoms with Gasteiger partial charge in [0.25, 0.3) is 5.91 Å². The number of nitrogens with one attached hydrogen (secondary N) is 1. The minimum Gasteiger partial charge on any atom is -0.459 e. The lowest BCUT2D eigenvalue weighted by atomic mass is 10.1. The molecular formula is C21H26ClN3O3S. The molecule has 6 nitrogen and oxygen atoms in total. The molecule has 1 N–H and O–H groups in total. The summed E-state index contributed by atoms with van der Waals surface area (Å²) in [6, 6.07) is 10.6. The molecule has 0 bridgehead atoms. The number of benzene rings is 1. The first kappa shape index (κ1) is 21.7. The van der Waals surface area contributed by atoms with E-state index in [0.717, 1.165) is 30.4 Å². The summed E-state index contributed by atoms with van der Waals surface area (Å²) >= 11 is 7.61. The highest BCUT2D eigenvalue weighted by Crippen LogP contribution is 2.14. The van der Waals surface area contributed by atoms with E-state index in [9.17, 15) is 9.59 Å². The zero-order valence-corrected chi connectivity index (χ0v) is 18.0. The average molecular weight is 436 g/mol. The molecule has 1 aromatic carbocycles. The maximum atomic E-state index is 13.0. The van der Waals surface area contributed by atoms with Crippen LogP contribution in [-0.2, 0) is 11.3 Å². The minimum absolute atomic E-state index is 0.0231. The molecule has 29 heavy (non-hydrogen) atoms. The van der Waals surface area contributed by atoms with Gasteiger partial charge in [0.2, 0.25) is 5.91 Å². The molecule has 0 saturated carbocycles. The minimum atomic E-state index is -0.539. The van der Waals surface area contributed by atoms with Crippen molar-refractivity contribution in [1.82, 2.24) is 15.1 Å². The Morgan fingerprint density at radius 1 is 1.17 bits per heavy atom. The number of hydrogen-bond acceptors (Lipinski definition) is 5. The highest BCUT2D eigenvalue weighted by molar-refractivity contribution is 7.98. The lowest BCUT2D eigenvalue weighted by Gasteiger charge is -2.36. The van der Waals surface area contributed by atoms with Crippen molar-refractivity contribution in [2.75, 3.05) is 38.2 Å². The lowest BCUT2D eigenvalue weighted by Crippen LogP contribution is -2.54. The van der Waals surface area contributed by atoms with E-state index in [0.29, 0.717) is 19.5 Å². The SMILES string of the molecule is CSCC[C@@H](NC(=O)c1ccco1)C(=O)N1CCN(Cc2ccc(Cl)cc2)CC1. The monoisotopic (exact) mass is 435 g/mol. The summed E-state index contributed by atoms with van der Waals surface area (Å²) in [5.41, 5.74) is 1.21. The molecular weight excluding hydrogens is 410 g/mol. The van der Waals surface area contributed by atoms with Gasteiger partial charge in [-0.1, -0.05) is 23.7 Å². The molecule has 0 spiro atoms. The van der Waals surface area contributed by atoms with Crippen LogP contribution in [-0.4, -0.2) is 65.8 Å². The summed E-state index contributed by atoms with van der Waals surface area (Å²) < 4.78 is 5.15. The van der Waals surface area contributed by atoms with E-state index in [1.165, 1.54) is 11.8 Å². The first-order valence-corrected chi connectivity index (χ1v) is 11.4. The van der Waals surface area contributed by atoms with Gasteiger partial charge in [0.1, 0.15) is 6.04 Å². The molecule has 2 amide bonds. The summed E-state index contributed by atoms with van der Waals surface area (Å²) in [5.74, 6) is 0.645. The van der Waals surface area contributed by atoms with Crippen LogP contribution in [0.25, 0.3) is 0 Å². The fraction of sp³-hybridized carbons (Fsp3) is 0.429. The van der Waals surface area contributed by atoms with Crippen molar-refractivity contribution in [2.45, 2.75) is 19.0 Å². The van der Waals surface area contributed by atoms with Crippen molar-refractivity contribution in [3.05, 3.63) is 59.0 Å². The Hall–Kier alpha value is -1.96. The van der Waals surface area contributed by atoms with Gasteiger partial charge in [-0.15, -0.1) is 0 Å². The standard InChI is InChI=1S/C21H26ClN3O3S/c1-29-14-8-18(23-20(26)19-3-2-13-28-19)21(27)25-11-9-24(10-12-25)15-16-4-6-17(22)7-5-16/h2-7,13,18H,8-12,14-15H2,1H3,(H,23,26)/t18-/m1/s1. The molecule has 1 aromatic heterocycles. The highest BCUT2D eigenvalue weighted by Gasteiger charge is 2.29. The summed E-state index contributed by atoms with van der Waals surface area (Å²) in [7, 11) is 0. The van der Waals surface area contributed by atoms with E-state index >= 15 is 0 Å². The van der Waals surface area contributed by atoms with E-state index in [2.05, 4.69) is 10.2 Å². The van der Waals surface area contributed by atoms with Gasteiger partial charge >= 0.3 is 0 Å². The van der Waals surface area contributed by atoms with E-state index in [1.807, 2.05) is 35.4 Å². The third kappa shape index (κ3) is 6.26. The van der Waals surface area contributed by atoms with Crippen LogP contribution >= 0.6 is 23.4 Å². The molecule has 3 rings (SSSR count). The third-order valence-electron chi connectivity index (χ3n) is 4.96. The molecule has 1 atom stereocenters.